The van der Waals surface area contributed by atoms with Crippen LogP contribution in [0.5, 0.6) is 5.75 Å². The first-order valence-electron chi connectivity index (χ1n) is 5.38. The van der Waals surface area contributed by atoms with Crippen LogP contribution < -0.4 is 10.1 Å². The Bertz CT molecular complexity index is 383. The highest BCUT2D eigenvalue weighted by Crippen LogP contribution is 2.19. The molecular weight excluding hydrogens is 228 g/mol. The average molecular weight is 243 g/mol. The van der Waals surface area contributed by atoms with Gasteiger partial charge in [-0.05, 0) is 25.5 Å². The van der Waals surface area contributed by atoms with Gasteiger partial charge in [0.2, 0.25) is 0 Å². The maximum atomic E-state index is 12.0. The van der Waals surface area contributed by atoms with Crippen molar-refractivity contribution >= 4 is 11.6 Å². The lowest BCUT2D eigenvalue weighted by molar-refractivity contribution is -0.126. The van der Waals surface area contributed by atoms with E-state index in [1.165, 1.54) is 12.1 Å². The van der Waals surface area contributed by atoms with Crippen LogP contribution in [0.4, 0.5) is 14.5 Å². The van der Waals surface area contributed by atoms with E-state index in [2.05, 4.69) is 5.32 Å². The average Bonchev–Trinajstić information content (AvgIpc) is 2.29. The molecular formula is C12H15F2NO2. The Kier molecular flexibility index (Phi) is 4.87. The molecule has 0 heterocycles. The fourth-order valence-corrected chi connectivity index (χ4v) is 1.16. The van der Waals surface area contributed by atoms with Gasteiger partial charge in [0.1, 0.15) is 5.75 Å². The Morgan fingerprint density at radius 2 is 2.18 bits per heavy atom. The summed E-state index contributed by atoms with van der Waals surface area (Å²) in [5.41, 5.74) is 0.302. The number of nitrogens with one attached hydrogen (secondary N) is 1. The molecule has 0 saturated carbocycles. The standard InChI is InChI=1S/C12H15F2NO2/c1-3-8(2)17-10-6-4-5-9(7-10)15-12(16)11(13)14/h4-8,11H,3H2,1-2H3,(H,15,16). The summed E-state index contributed by atoms with van der Waals surface area (Å²) < 4.78 is 29.6. The number of hydrogen-bond acceptors (Lipinski definition) is 2. The van der Waals surface area contributed by atoms with Crippen molar-refractivity contribution < 1.29 is 18.3 Å². The molecule has 0 aliphatic heterocycles. The molecule has 0 saturated heterocycles. The molecule has 0 bridgehead atoms. The van der Waals surface area contributed by atoms with Crippen LogP contribution in [0.3, 0.4) is 0 Å². The Labute approximate surface area is 98.8 Å². The van der Waals surface area contributed by atoms with E-state index in [1.54, 1.807) is 12.1 Å². The number of anilines is 1. The van der Waals surface area contributed by atoms with Crippen LogP contribution in [-0.4, -0.2) is 18.4 Å². The van der Waals surface area contributed by atoms with Crippen molar-refractivity contribution in [1.29, 1.82) is 0 Å². The summed E-state index contributed by atoms with van der Waals surface area (Å²) in [6, 6.07) is 6.40. The van der Waals surface area contributed by atoms with Gasteiger partial charge in [-0.3, -0.25) is 4.79 Å². The molecule has 5 heteroatoms. The van der Waals surface area contributed by atoms with Crippen molar-refractivity contribution in [2.45, 2.75) is 32.8 Å². The minimum Gasteiger partial charge on any atom is -0.491 e. The number of benzene rings is 1. The molecule has 0 aliphatic carbocycles. The third-order valence-corrected chi connectivity index (χ3v) is 2.21. The van der Waals surface area contributed by atoms with Gasteiger partial charge in [-0.1, -0.05) is 13.0 Å². The molecule has 1 rings (SSSR count). The second kappa shape index (κ2) is 6.18. The SMILES string of the molecule is CCC(C)Oc1cccc(NC(=O)C(F)F)c1. The minimum absolute atomic E-state index is 0.0380. The van der Waals surface area contributed by atoms with Crippen LogP contribution in [0.25, 0.3) is 0 Å². The van der Waals surface area contributed by atoms with Gasteiger partial charge >= 0.3 is 6.43 Å². The van der Waals surface area contributed by atoms with Crippen molar-refractivity contribution in [2.24, 2.45) is 0 Å². The maximum absolute atomic E-state index is 12.0. The summed E-state index contributed by atoms with van der Waals surface area (Å²) in [6.45, 7) is 3.89. The summed E-state index contributed by atoms with van der Waals surface area (Å²) in [5.74, 6) is -0.767. The zero-order chi connectivity index (χ0) is 12.8. The highest BCUT2D eigenvalue weighted by Gasteiger charge is 2.15. The second-order valence-corrected chi connectivity index (χ2v) is 3.65. The largest absolute Gasteiger partial charge is 0.491 e. The summed E-state index contributed by atoms with van der Waals surface area (Å²) >= 11 is 0. The monoisotopic (exact) mass is 243 g/mol. The molecule has 0 fully saturated rings. The Morgan fingerprint density at radius 1 is 1.47 bits per heavy atom. The number of alkyl halides is 2. The first-order valence-corrected chi connectivity index (χ1v) is 5.38. The summed E-state index contributed by atoms with van der Waals surface area (Å²) in [5, 5.41) is 2.10. The van der Waals surface area contributed by atoms with E-state index in [-0.39, 0.29) is 6.10 Å². The van der Waals surface area contributed by atoms with Gasteiger partial charge in [0.25, 0.3) is 5.91 Å². The van der Waals surface area contributed by atoms with Crippen molar-refractivity contribution in [2.75, 3.05) is 5.32 Å². The Hall–Kier alpha value is -1.65. The van der Waals surface area contributed by atoms with Crippen LogP contribution in [-0.2, 0) is 4.79 Å². The highest BCUT2D eigenvalue weighted by molar-refractivity contribution is 5.93. The third-order valence-electron chi connectivity index (χ3n) is 2.21. The van der Waals surface area contributed by atoms with Crippen LogP contribution in [0.1, 0.15) is 20.3 Å². The Morgan fingerprint density at radius 3 is 2.76 bits per heavy atom. The van der Waals surface area contributed by atoms with E-state index >= 15 is 0 Å². The van der Waals surface area contributed by atoms with Gasteiger partial charge in [-0.2, -0.15) is 8.78 Å². The lowest BCUT2D eigenvalue weighted by Gasteiger charge is -2.13. The Balaban J connectivity index is 2.69. The molecule has 0 spiro atoms. The summed E-state index contributed by atoms with van der Waals surface area (Å²) in [7, 11) is 0. The van der Waals surface area contributed by atoms with Crippen molar-refractivity contribution in [1.82, 2.24) is 0 Å². The number of ether oxygens (including phenoxy) is 1. The lowest BCUT2D eigenvalue weighted by Crippen LogP contribution is -2.20. The third kappa shape index (κ3) is 4.38. The fourth-order valence-electron chi connectivity index (χ4n) is 1.16. The predicted molar refractivity (Wildman–Crippen MR) is 61.5 cm³/mol. The first-order chi connectivity index (χ1) is 8.02. The summed E-state index contributed by atoms with van der Waals surface area (Å²) in [6.07, 6.45) is -2.14. The zero-order valence-corrected chi connectivity index (χ0v) is 9.74. The fraction of sp³-hybridized carbons (Fsp3) is 0.417. The zero-order valence-electron chi connectivity index (χ0n) is 9.74. The number of carbonyl (C=O) groups is 1. The van der Waals surface area contributed by atoms with Gasteiger partial charge in [-0.25, -0.2) is 0 Å². The van der Waals surface area contributed by atoms with Crippen molar-refractivity contribution in [3.8, 4) is 5.75 Å². The van der Waals surface area contributed by atoms with Gasteiger partial charge < -0.3 is 10.1 Å². The minimum atomic E-state index is -3.02. The molecule has 1 N–H and O–H groups in total. The number of carbonyl (C=O) groups excluding carboxylic acids is 1. The number of rotatable bonds is 5. The van der Waals surface area contributed by atoms with Crippen LogP contribution in [0.15, 0.2) is 24.3 Å². The topological polar surface area (TPSA) is 38.3 Å². The molecule has 0 aliphatic rings. The molecule has 1 aromatic rings. The van der Waals surface area contributed by atoms with Crippen molar-refractivity contribution in [3.63, 3.8) is 0 Å². The van der Waals surface area contributed by atoms with E-state index in [1.807, 2.05) is 13.8 Å². The molecule has 94 valence electrons. The number of halogens is 2. The van der Waals surface area contributed by atoms with E-state index in [4.69, 9.17) is 4.74 Å². The number of amides is 1. The first kappa shape index (κ1) is 13.4. The van der Waals surface area contributed by atoms with E-state index < -0.39 is 12.3 Å². The van der Waals surface area contributed by atoms with Gasteiger partial charge in [-0.15, -0.1) is 0 Å². The van der Waals surface area contributed by atoms with Crippen LogP contribution in [0.2, 0.25) is 0 Å². The molecule has 1 aromatic carbocycles. The van der Waals surface area contributed by atoms with Gasteiger partial charge in [0, 0.05) is 11.8 Å². The highest BCUT2D eigenvalue weighted by atomic mass is 19.3. The smallest absolute Gasteiger partial charge is 0.315 e. The van der Waals surface area contributed by atoms with Crippen LogP contribution >= 0.6 is 0 Å². The molecule has 0 radical (unpaired) electrons. The molecule has 1 unspecified atom stereocenters. The number of hydrogen-bond donors (Lipinski definition) is 1. The van der Waals surface area contributed by atoms with Gasteiger partial charge in [0.05, 0.1) is 6.10 Å². The molecule has 17 heavy (non-hydrogen) atoms. The molecule has 1 amide bonds. The van der Waals surface area contributed by atoms with Gasteiger partial charge in [0.15, 0.2) is 0 Å². The normalized spacial score (nSPS) is 12.3. The quantitative estimate of drug-likeness (QED) is 0.863. The maximum Gasteiger partial charge on any atom is 0.315 e. The molecule has 1 atom stereocenters. The second-order valence-electron chi connectivity index (χ2n) is 3.65. The molecule has 0 aromatic heterocycles. The lowest BCUT2D eigenvalue weighted by atomic mass is 10.2. The summed E-state index contributed by atoms with van der Waals surface area (Å²) in [4.78, 5) is 10.8. The van der Waals surface area contributed by atoms with E-state index in [0.717, 1.165) is 6.42 Å². The molecule has 3 nitrogen and oxygen atoms in total. The van der Waals surface area contributed by atoms with E-state index in [9.17, 15) is 13.6 Å². The predicted octanol–water partition coefficient (Wildman–Crippen LogP) is 3.07. The van der Waals surface area contributed by atoms with E-state index in [0.29, 0.717) is 11.4 Å². The van der Waals surface area contributed by atoms with Crippen LogP contribution in [0, 0.1) is 0 Å². The van der Waals surface area contributed by atoms with Crippen molar-refractivity contribution in [3.05, 3.63) is 24.3 Å².